The molecule has 7 heteroatoms. The van der Waals surface area contributed by atoms with E-state index in [1.165, 1.54) is 12.1 Å². The van der Waals surface area contributed by atoms with Crippen molar-refractivity contribution in [3.05, 3.63) is 107 Å². The summed E-state index contributed by atoms with van der Waals surface area (Å²) in [7, 11) is 0. The number of nitrogens with zero attached hydrogens (tertiary/aromatic N) is 1. The van der Waals surface area contributed by atoms with E-state index in [1.54, 1.807) is 36.4 Å². The fraction of sp³-hybridized carbons (Fsp3) is 0.160. The first-order chi connectivity index (χ1) is 15.5. The second-order valence-corrected chi connectivity index (χ2v) is 7.61. The van der Waals surface area contributed by atoms with Gasteiger partial charge in [0.05, 0.1) is 19.0 Å². The molecule has 0 unspecified atom stereocenters. The van der Waals surface area contributed by atoms with Gasteiger partial charge in [-0.15, -0.1) is 0 Å². The van der Waals surface area contributed by atoms with E-state index in [2.05, 4.69) is 10.6 Å². The Morgan fingerprint density at radius 1 is 0.969 bits per heavy atom. The minimum Gasteiger partial charge on any atom is -0.348 e. The SMILES string of the molecule is O=C(NCc1ccccc1)c1cccc(CN2C(=O)C[C@H](c3ccc(F)cc3)NC2=O)c1. The van der Waals surface area contributed by atoms with Crippen LogP contribution in [0.2, 0.25) is 0 Å². The van der Waals surface area contributed by atoms with Gasteiger partial charge >= 0.3 is 6.03 Å². The van der Waals surface area contributed by atoms with Crippen molar-refractivity contribution in [1.82, 2.24) is 15.5 Å². The molecule has 3 aromatic carbocycles. The van der Waals surface area contributed by atoms with E-state index < -0.39 is 12.1 Å². The Bertz CT molecular complexity index is 1110. The monoisotopic (exact) mass is 431 g/mol. The summed E-state index contributed by atoms with van der Waals surface area (Å²) in [6.07, 6.45) is 0.0780. The summed E-state index contributed by atoms with van der Waals surface area (Å²) in [4.78, 5) is 38.9. The Balaban J connectivity index is 1.39. The number of imide groups is 1. The van der Waals surface area contributed by atoms with Crippen molar-refractivity contribution < 1.29 is 18.8 Å². The van der Waals surface area contributed by atoms with Crippen LogP contribution in [-0.2, 0) is 17.9 Å². The van der Waals surface area contributed by atoms with Crippen LogP contribution in [0.4, 0.5) is 9.18 Å². The highest BCUT2D eigenvalue weighted by atomic mass is 19.1. The van der Waals surface area contributed by atoms with Crippen molar-refractivity contribution in [2.24, 2.45) is 0 Å². The van der Waals surface area contributed by atoms with Gasteiger partial charge in [0, 0.05) is 12.1 Å². The predicted octanol–water partition coefficient (Wildman–Crippen LogP) is 3.94. The van der Waals surface area contributed by atoms with Crippen LogP contribution in [0.3, 0.4) is 0 Å². The Hall–Kier alpha value is -4.00. The molecule has 4 amide bonds. The van der Waals surface area contributed by atoms with Crippen molar-refractivity contribution in [1.29, 1.82) is 0 Å². The summed E-state index contributed by atoms with van der Waals surface area (Å²) >= 11 is 0. The molecule has 1 atom stereocenters. The van der Waals surface area contributed by atoms with E-state index in [9.17, 15) is 18.8 Å². The molecular weight excluding hydrogens is 409 g/mol. The number of benzene rings is 3. The first kappa shape index (κ1) is 21.2. The van der Waals surface area contributed by atoms with Gasteiger partial charge in [0.2, 0.25) is 5.91 Å². The van der Waals surface area contributed by atoms with Gasteiger partial charge < -0.3 is 10.6 Å². The van der Waals surface area contributed by atoms with Crippen LogP contribution < -0.4 is 10.6 Å². The lowest BCUT2D eigenvalue weighted by molar-refractivity contribution is -0.130. The van der Waals surface area contributed by atoms with Gasteiger partial charge in [-0.1, -0.05) is 54.6 Å². The number of nitrogens with one attached hydrogen (secondary N) is 2. The molecule has 1 heterocycles. The highest BCUT2D eigenvalue weighted by Gasteiger charge is 2.32. The summed E-state index contributed by atoms with van der Waals surface area (Å²) in [5.41, 5.74) is 2.78. The highest BCUT2D eigenvalue weighted by Crippen LogP contribution is 2.24. The van der Waals surface area contributed by atoms with Gasteiger partial charge in [0.15, 0.2) is 0 Å². The smallest absolute Gasteiger partial charge is 0.324 e. The summed E-state index contributed by atoms with van der Waals surface area (Å²) in [5.74, 6) is -0.944. The van der Waals surface area contributed by atoms with Gasteiger partial charge in [-0.25, -0.2) is 9.18 Å². The highest BCUT2D eigenvalue weighted by molar-refractivity contribution is 5.97. The van der Waals surface area contributed by atoms with Crippen LogP contribution in [0.1, 0.15) is 39.5 Å². The molecule has 6 nitrogen and oxygen atoms in total. The van der Waals surface area contributed by atoms with Gasteiger partial charge in [0.1, 0.15) is 5.82 Å². The van der Waals surface area contributed by atoms with Gasteiger partial charge in [-0.2, -0.15) is 0 Å². The van der Waals surface area contributed by atoms with Crippen molar-refractivity contribution >= 4 is 17.8 Å². The van der Waals surface area contributed by atoms with Crippen LogP contribution in [-0.4, -0.2) is 22.7 Å². The van der Waals surface area contributed by atoms with E-state index in [0.717, 1.165) is 10.5 Å². The van der Waals surface area contributed by atoms with Crippen molar-refractivity contribution in [2.45, 2.75) is 25.6 Å². The zero-order valence-electron chi connectivity index (χ0n) is 17.3. The van der Waals surface area contributed by atoms with Crippen LogP contribution in [0.15, 0.2) is 78.9 Å². The van der Waals surface area contributed by atoms with E-state index >= 15 is 0 Å². The van der Waals surface area contributed by atoms with Gasteiger partial charge in [-0.3, -0.25) is 14.5 Å². The molecule has 2 N–H and O–H groups in total. The zero-order valence-corrected chi connectivity index (χ0v) is 17.3. The maximum Gasteiger partial charge on any atom is 0.324 e. The van der Waals surface area contributed by atoms with Crippen molar-refractivity contribution in [3.8, 4) is 0 Å². The summed E-state index contributed by atoms with van der Waals surface area (Å²) in [6, 6.07) is 21.1. The number of hydrogen-bond acceptors (Lipinski definition) is 3. The molecule has 32 heavy (non-hydrogen) atoms. The Morgan fingerprint density at radius 3 is 2.41 bits per heavy atom. The van der Waals surface area contributed by atoms with E-state index in [4.69, 9.17) is 0 Å². The first-order valence-electron chi connectivity index (χ1n) is 10.3. The Kier molecular flexibility index (Phi) is 6.26. The molecule has 0 radical (unpaired) electrons. The summed E-state index contributed by atoms with van der Waals surface area (Å²) in [5, 5.41) is 5.66. The second-order valence-electron chi connectivity index (χ2n) is 7.61. The topological polar surface area (TPSA) is 78.5 Å². The fourth-order valence-corrected chi connectivity index (χ4v) is 3.61. The molecule has 4 rings (SSSR count). The number of rotatable bonds is 6. The number of carbonyl (C=O) groups excluding carboxylic acids is 3. The predicted molar refractivity (Wildman–Crippen MR) is 117 cm³/mol. The largest absolute Gasteiger partial charge is 0.348 e. The molecule has 0 saturated carbocycles. The van der Waals surface area contributed by atoms with Gasteiger partial charge in [0.25, 0.3) is 5.91 Å². The number of hydrogen-bond donors (Lipinski definition) is 2. The third-order valence-electron chi connectivity index (χ3n) is 5.32. The molecule has 1 aliphatic rings. The van der Waals surface area contributed by atoms with Gasteiger partial charge in [-0.05, 0) is 41.0 Å². The van der Waals surface area contributed by atoms with Crippen molar-refractivity contribution in [2.75, 3.05) is 0 Å². The molecule has 1 saturated heterocycles. The molecule has 3 aromatic rings. The molecule has 0 spiro atoms. The maximum atomic E-state index is 13.1. The average Bonchev–Trinajstić information content (AvgIpc) is 2.81. The molecule has 162 valence electrons. The van der Waals surface area contributed by atoms with E-state index in [-0.39, 0.29) is 30.6 Å². The average molecular weight is 431 g/mol. The van der Waals surface area contributed by atoms with Crippen LogP contribution in [0, 0.1) is 5.82 Å². The van der Waals surface area contributed by atoms with E-state index in [0.29, 0.717) is 23.2 Å². The quantitative estimate of drug-likeness (QED) is 0.621. The standard InChI is InChI=1S/C25H22FN3O3/c26-21-11-9-19(10-12-21)22-14-23(30)29(25(32)28-22)16-18-7-4-8-20(13-18)24(31)27-15-17-5-2-1-3-6-17/h1-13,22H,14-16H2,(H,27,31)(H,28,32)/t22-/m1/s1. The molecule has 0 bridgehead atoms. The fourth-order valence-electron chi connectivity index (χ4n) is 3.61. The lowest BCUT2D eigenvalue weighted by atomic mass is 10.0. The summed E-state index contributed by atoms with van der Waals surface area (Å²) in [6.45, 7) is 0.461. The Labute approximate surface area is 185 Å². The molecule has 0 aliphatic carbocycles. The molecule has 1 fully saturated rings. The Morgan fingerprint density at radius 2 is 1.69 bits per heavy atom. The lowest BCUT2D eigenvalue weighted by Gasteiger charge is -2.31. The van der Waals surface area contributed by atoms with Crippen molar-refractivity contribution in [3.63, 3.8) is 0 Å². The maximum absolute atomic E-state index is 13.1. The van der Waals surface area contributed by atoms with E-state index in [1.807, 2.05) is 30.3 Å². The minimum absolute atomic E-state index is 0.0562. The van der Waals surface area contributed by atoms with Crippen LogP contribution in [0.5, 0.6) is 0 Å². The first-order valence-corrected chi connectivity index (χ1v) is 10.3. The van der Waals surface area contributed by atoms with Crippen LogP contribution in [0.25, 0.3) is 0 Å². The third kappa shape index (κ3) is 5.00. The second kappa shape index (κ2) is 9.43. The number of carbonyl (C=O) groups is 3. The number of urea groups is 1. The normalized spacial score (nSPS) is 15.9. The van der Waals surface area contributed by atoms with Crippen LogP contribution >= 0.6 is 0 Å². The molecule has 1 aliphatic heterocycles. The zero-order chi connectivity index (χ0) is 22.5. The number of amides is 4. The molecule has 0 aromatic heterocycles. The minimum atomic E-state index is -0.519. The third-order valence-corrected chi connectivity index (χ3v) is 5.32. The lowest BCUT2D eigenvalue weighted by Crippen LogP contribution is -2.50. The molecular formula is C25H22FN3O3. The number of halogens is 1. The summed E-state index contributed by atoms with van der Waals surface area (Å²) < 4.78 is 13.1.